The van der Waals surface area contributed by atoms with Crippen LogP contribution in [0.2, 0.25) is 0 Å². The Kier molecular flexibility index (Phi) is 6.95. The Morgan fingerprint density at radius 1 is 0.815 bits per heavy atom. The third-order valence-corrected chi connectivity index (χ3v) is 6.09. The van der Waals surface area contributed by atoms with E-state index < -0.39 is 5.82 Å². The second-order valence-electron chi connectivity index (χ2n) is 7.30. The van der Waals surface area contributed by atoms with Crippen molar-refractivity contribution in [3.05, 3.63) is 39.5 Å². The zero-order valence-corrected chi connectivity index (χ0v) is 18.0. The fraction of sp³-hybridized carbons (Fsp3) is 0.455. The fourth-order valence-corrected chi connectivity index (χ4v) is 4.24. The molecule has 2 nitrogen and oxygen atoms in total. The Balaban J connectivity index is 1.80. The van der Waals surface area contributed by atoms with Gasteiger partial charge in [0.15, 0.2) is 0 Å². The first-order valence-corrected chi connectivity index (χ1v) is 11.0. The highest BCUT2D eigenvalue weighted by Crippen LogP contribution is 2.34. The topological polar surface area (TPSA) is 30.9 Å². The van der Waals surface area contributed by atoms with Gasteiger partial charge in [-0.25, -0.2) is 8.78 Å². The number of aryl methyl sites for hydroxylation is 1. The number of aromatic nitrogens is 1. The summed E-state index contributed by atoms with van der Waals surface area (Å²) < 4.78 is 30.9. The van der Waals surface area contributed by atoms with E-state index in [1.54, 1.807) is 12.1 Å². The van der Waals surface area contributed by atoms with Crippen molar-refractivity contribution in [2.24, 2.45) is 0 Å². The Bertz CT molecular complexity index is 868. The minimum Gasteiger partial charge on any atom is -0.396 e. The minimum atomic E-state index is -0.419. The molecule has 0 radical (unpaired) electrons. The van der Waals surface area contributed by atoms with Gasteiger partial charge in [-0.3, -0.25) is 0 Å². The normalized spacial score (nSPS) is 11.7. The number of unbranched alkanes of at least 4 members (excludes halogenated alkanes) is 7. The van der Waals surface area contributed by atoms with Crippen LogP contribution in [0, 0.1) is 15.2 Å². The summed E-state index contributed by atoms with van der Waals surface area (Å²) in [5.74, 6) is -0.658. The second-order valence-corrected chi connectivity index (χ2v) is 8.46. The van der Waals surface area contributed by atoms with Gasteiger partial charge in [0.05, 0.1) is 16.7 Å². The van der Waals surface area contributed by atoms with Gasteiger partial charge in [-0.15, -0.1) is 0 Å². The molecule has 3 rings (SSSR count). The highest BCUT2D eigenvalue weighted by molar-refractivity contribution is 14.1. The molecule has 0 bridgehead atoms. The van der Waals surface area contributed by atoms with E-state index in [2.05, 4.69) is 6.92 Å². The van der Waals surface area contributed by atoms with E-state index in [0.717, 1.165) is 41.2 Å². The van der Waals surface area contributed by atoms with E-state index in [-0.39, 0.29) is 11.5 Å². The molecule has 0 unspecified atom stereocenters. The van der Waals surface area contributed by atoms with Gasteiger partial charge in [0.2, 0.25) is 0 Å². The Morgan fingerprint density at radius 2 is 1.37 bits per heavy atom. The van der Waals surface area contributed by atoms with Crippen molar-refractivity contribution in [1.82, 2.24) is 4.57 Å². The molecular formula is C22H27F2IN2. The van der Waals surface area contributed by atoms with Crippen molar-refractivity contribution in [2.45, 2.75) is 64.8 Å². The molecule has 27 heavy (non-hydrogen) atoms. The largest absolute Gasteiger partial charge is 0.396 e. The van der Waals surface area contributed by atoms with E-state index in [9.17, 15) is 8.78 Å². The lowest BCUT2D eigenvalue weighted by atomic mass is 10.1. The van der Waals surface area contributed by atoms with Crippen LogP contribution < -0.4 is 5.73 Å². The number of halogens is 3. The molecule has 1 heterocycles. The van der Waals surface area contributed by atoms with Crippen molar-refractivity contribution in [2.75, 3.05) is 5.73 Å². The van der Waals surface area contributed by atoms with Gasteiger partial charge in [0.1, 0.15) is 11.6 Å². The maximum Gasteiger partial charge on any atom is 0.148 e. The van der Waals surface area contributed by atoms with Crippen LogP contribution in [0.1, 0.15) is 58.3 Å². The molecule has 0 saturated heterocycles. The molecule has 0 fully saturated rings. The van der Waals surface area contributed by atoms with Crippen LogP contribution in [0.25, 0.3) is 21.8 Å². The highest BCUT2D eigenvalue weighted by atomic mass is 127. The molecule has 0 aliphatic carbocycles. The quantitative estimate of drug-likeness (QED) is 0.192. The number of nitrogens with two attached hydrogens (primary N) is 1. The van der Waals surface area contributed by atoms with Crippen molar-refractivity contribution in [3.63, 3.8) is 0 Å². The molecule has 146 valence electrons. The summed E-state index contributed by atoms with van der Waals surface area (Å²) in [5.41, 5.74) is 7.52. The molecular weight excluding hydrogens is 457 g/mol. The lowest BCUT2D eigenvalue weighted by Crippen LogP contribution is -1.99. The molecule has 2 N–H and O–H groups in total. The predicted molar refractivity (Wildman–Crippen MR) is 119 cm³/mol. The van der Waals surface area contributed by atoms with E-state index in [4.69, 9.17) is 5.73 Å². The van der Waals surface area contributed by atoms with Gasteiger partial charge in [0.25, 0.3) is 0 Å². The third-order valence-electron chi connectivity index (χ3n) is 5.26. The third kappa shape index (κ3) is 4.55. The molecule has 0 spiro atoms. The summed E-state index contributed by atoms with van der Waals surface area (Å²) in [6.45, 7) is 2.99. The van der Waals surface area contributed by atoms with E-state index in [1.165, 1.54) is 44.6 Å². The van der Waals surface area contributed by atoms with Crippen LogP contribution in [-0.4, -0.2) is 4.57 Å². The molecule has 0 atom stereocenters. The smallest absolute Gasteiger partial charge is 0.148 e. The van der Waals surface area contributed by atoms with Crippen LogP contribution >= 0.6 is 22.6 Å². The first kappa shape index (κ1) is 20.4. The highest BCUT2D eigenvalue weighted by Gasteiger charge is 2.15. The van der Waals surface area contributed by atoms with Gasteiger partial charge in [0, 0.05) is 27.0 Å². The fourth-order valence-electron chi connectivity index (χ4n) is 3.77. The van der Waals surface area contributed by atoms with Crippen molar-refractivity contribution in [3.8, 4) is 0 Å². The van der Waals surface area contributed by atoms with Crippen molar-refractivity contribution in [1.29, 1.82) is 0 Å². The predicted octanol–water partition coefficient (Wildman–Crippen LogP) is 7.40. The van der Waals surface area contributed by atoms with Crippen LogP contribution in [-0.2, 0) is 6.54 Å². The minimum absolute atomic E-state index is 0.132. The Morgan fingerprint density at radius 3 is 2.04 bits per heavy atom. The Labute approximate surface area is 173 Å². The van der Waals surface area contributed by atoms with Crippen LogP contribution in [0.4, 0.5) is 14.5 Å². The average molecular weight is 484 g/mol. The Hall–Kier alpha value is -1.37. The zero-order chi connectivity index (χ0) is 19.4. The summed E-state index contributed by atoms with van der Waals surface area (Å²) in [6.07, 6.45) is 9.84. The van der Waals surface area contributed by atoms with Gasteiger partial charge < -0.3 is 10.3 Å². The maximum atomic E-state index is 14.2. The van der Waals surface area contributed by atoms with Gasteiger partial charge in [-0.1, -0.05) is 51.9 Å². The monoisotopic (exact) mass is 484 g/mol. The number of nitrogen functional groups attached to an aromatic ring is 1. The molecule has 0 amide bonds. The zero-order valence-electron chi connectivity index (χ0n) is 15.8. The van der Waals surface area contributed by atoms with Gasteiger partial charge in [-0.2, -0.15) is 0 Å². The summed E-state index contributed by atoms with van der Waals surface area (Å²) >= 11 is 1.99. The average Bonchev–Trinajstić information content (AvgIpc) is 2.90. The molecule has 2 aromatic carbocycles. The molecule has 0 saturated carbocycles. The number of hydrogen-bond donors (Lipinski definition) is 1. The first-order valence-electron chi connectivity index (χ1n) is 9.89. The molecule has 5 heteroatoms. The van der Waals surface area contributed by atoms with Gasteiger partial charge in [-0.05, 0) is 47.2 Å². The standard InChI is InChI=1S/C22H27F2IN2/c1-2-3-4-5-6-7-8-9-10-27-21-13-17(23)19(25)11-15(21)16-12-20(26)18(24)14-22(16)27/h11-14H,2-10,26H2,1H3. The molecule has 0 aliphatic heterocycles. The van der Waals surface area contributed by atoms with Crippen LogP contribution in [0.15, 0.2) is 24.3 Å². The second kappa shape index (κ2) is 9.22. The molecule has 0 aliphatic rings. The van der Waals surface area contributed by atoms with Crippen LogP contribution in [0.3, 0.4) is 0 Å². The lowest BCUT2D eigenvalue weighted by Gasteiger charge is -2.08. The van der Waals surface area contributed by atoms with Gasteiger partial charge >= 0.3 is 0 Å². The SMILES string of the molecule is CCCCCCCCCCn1c2cc(F)c(N)cc2c2cc(I)c(F)cc21. The lowest BCUT2D eigenvalue weighted by molar-refractivity contribution is 0.552. The number of anilines is 1. The van der Waals surface area contributed by atoms with E-state index in [1.807, 2.05) is 33.2 Å². The number of hydrogen-bond acceptors (Lipinski definition) is 1. The molecule has 3 aromatic rings. The van der Waals surface area contributed by atoms with E-state index >= 15 is 0 Å². The van der Waals surface area contributed by atoms with E-state index in [0.29, 0.717) is 3.57 Å². The summed E-state index contributed by atoms with van der Waals surface area (Å²) in [7, 11) is 0. The van der Waals surface area contributed by atoms with Crippen molar-refractivity contribution >= 4 is 50.1 Å². The summed E-state index contributed by atoms with van der Waals surface area (Å²) in [5, 5.41) is 1.82. The van der Waals surface area contributed by atoms with Crippen molar-refractivity contribution < 1.29 is 8.78 Å². The summed E-state index contributed by atoms with van der Waals surface area (Å²) in [6, 6.07) is 6.55. The number of nitrogens with zero attached hydrogens (tertiary/aromatic N) is 1. The number of fused-ring (bicyclic) bond motifs is 3. The number of benzene rings is 2. The number of rotatable bonds is 9. The van der Waals surface area contributed by atoms with Crippen LogP contribution in [0.5, 0.6) is 0 Å². The first-order chi connectivity index (χ1) is 13.0. The molecule has 1 aromatic heterocycles. The summed E-state index contributed by atoms with van der Waals surface area (Å²) in [4.78, 5) is 0. The maximum absolute atomic E-state index is 14.2.